The first-order valence-electron chi connectivity index (χ1n) is 7.66. The fraction of sp³-hybridized carbons (Fsp3) is 0.211. The Balaban J connectivity index is 2.33. The fourth-order valence-electron chi connectivity index (χ4n) is 2.89. The Bertz CT molecular complexity index is 895. The van der Waals surface area contributed by atoms with E-state index in [0.29, 0.717) is 5.56 Å². The van der Waals surface area contributed by atoms with Crippen LogP contribution in [0, 0.1) is 0 Å². The van der Waals surface area contributed by atoms with Crippen molar-refractivity contribution in [2.45, 2.75) is 19.4 Å². The van der Waals surface area contributed by atoms with Gasteiger partial charge in [-0.05, 0) is 32.0 Å². The van der Waals surface area contributed by atoms with Crippen LogP contribution in [0.15, 0.2) is 30.3 Å². The molecule has 0 amide bonds. The van der Waals surface area contributed by atoms with Crippen LogP contribution in [0.2, 0.25) is 0 Å². The molecule has 1 aliphatic rings. The molecule has 0 aromatic heterocycles. The van der Waals surface area contributed by atoms with Crippen molar-refractivity contribution in [3.8, 4) is 28.7 Å². The lowest BCUT2D eigenvalue weighted by molar-refractivity contribution is 0.0395. The van der Waals surface area contributed by atoms with Crippen LogP contribution in [-0.2, 0) is 5.60 Å². The molecule has 1 atom stereocenters. The van der Waals surface area contributed by atoms with Crippen molar-refractivity contribution in [2.24, 2.45) is 0 Å². The number of rotatable bonds is 2. The number of phenols is 2. The van der Waals surface area contributed by atoms with Crippen molar-refractivity contribution in [2.75, 3.05) is 7.11 Å². The van der Waals surface area contributed by atoms with Crippen molar-refractivity contribution in [1.29, 1.82) is 0 Å². The molecule has 1 aliphatic heterocycles. The minimum Gasteiger partial charge on any atom is -0.507 e. The van der Waals surface area contributed by atoms with Gasteiger partial charge in [-0.2, -0.15) is 0 Å². The Morgan fingerprint density at radius 2 is 1.92 bits per heavy atom. The second-order valence-corrected chi connectivity index (χ2v) is 5.91. The maximum Gasteiger partial charge on any atom is 0.204 e. The maximum absolute atomic E-state index is 12.9. The third-order valence-electron chi connectivity index (χ3n) is 4.19. The van der Waals surface area contributed by atoms with Crippen molar-refractivity contribution in [3.63, 3.8) is 0 Å². The van der Waals surface area contributed by atoms with Crippen molar-refractivity contribution >= 4 is 11.9 Å². The molecule has 3 N–H and O–H groups in total. The van der Waals surface area contributed by atoms with Crippen LogP contribution in [-0.4, -0.2) is 28.2 Å². The fourth-order valence-corrected chi connectivity index (χ4v) is 2.89. The molecule has 0 unspecified atom stereocenters. The zero-order valence-electron chi connectivity index (χ0n) is 14.0. The minimum atomic E-state index is -1.88. The summed E-state index contributed by atoms with van der Waals surface area (Å²) < 4.78 is 10.9. The highest BCUT2D eigenvalue weighted by atomic mass is 16.5. The summed E-state index contributed by atoms with van der Waals surface area (Å²) in [7, 11) is 1.33. The number of aromatic hydroxyl groups is 2. The molecule has 25 heavy (non-hydrogen) atoms. The van der Waals surface area contributed by atoms with E-state index in [9.17, 15) is 20.1 Å². The summed E-state index contributed by atoms with van der Waals surface area (Å²) in [6.07, 6.45) is 3.38. The second kappa shape index (κ2) is 5.82. The van der Waals surface area contributed by atoms with Crippen LogP contribution in [0.3, 0.4) is 0 Å². The number of carbonyl (C=O) groups excluding carboxylic acids is 1. The molecule has 0 radical (unpaired) electrons. The SMILES string of the molecule is C/C=C/c1cc2c(cc1O)Oc1c(ccc(O)c1OC)C(=O)[C@@]2(C)O. The van der Waals surface area contributed by atoms with Gasteiger partial charge < -0.3 is 24.8 Å². The predicted molar refractivity (Wildman–Crippen MR) is 91.4 cm³/mol. The highest BCUT2D eigenvalue weighted by Gasteiger charge is 2.42. The van der Waals surface area contributed by atoms with Crippen LogP contribution in [0.5, 0.6) is 28.7 Å². The lowest BCUT2D eigenvalue weighted by atomic mass is 9.86. The first-order chi connectivity index (χ1) is 11.8. The number of fused-ring (bicyclic) bond motifs is 2. The lowest BCUT2D eigenvalue weighted by Crippen LogP contribution is -2.31. The number of phenolic OH excluding ortho intramolecular Hbond substituents is 2. The summed E-state index contributed by atoms with van der Waals surface area (Å²) in [5, 5.41) is 31.0. The first kappa shape index (κ1) is 16.9. The van der Waals surface area contributed by atoms with Crippen LogP contribution < -0.4 is 9.47 Å². The number of allylic oxidation sites excluding steroid dienone is 1. The molecule has 0 bridgehead atoms. The summed E-state index contributed by atoms with van der Waals surface area (Å²) in [5.74, 6) is -0.797. The van der Waals surface area contributed by atoms with E-state index < -0.39 is 11.4 Å². The summed E-state index contributed by atoms with van der Waals surface area (Å²) in [4.78, 5) is 12.9. The minimum absolute atomic E-state index is 0.00953. The highest BCUT2D eigenvalue weighted by molar-refractivity contribution is 6.07. The summed E-state index contributed by atoms with van der Waals surface area (Å²) in [6, 6.07) is 5.49. The van der Waals surface area contributed by atoms with E-state index in [0.717, 1.165) is 0 Å². The Morgan fingerprint density at radius 1 is 1.20 bits per heavy atom. The number of methoxy groups -OCH3 is 1. The van der Waals surface area contributed by atoms with Gasteiger partial charge in [0.05, 0.1) is 12.7 Å². The third kappa shape index (κ3) is 2.51. The monoisotopic (exact) mass is 342 g/mol. The Kier molecular flexibility index (Phi) is 3.93. The number of carbonyl (C=O) groups is 1. The van der Waals surface area contributed by atoms with Gasteiger partial charge >= 0.3 is 0 Å². The van der Waals surface area contributed by atoms with E-state index in [2.05, 4.69) is 0 Å². The van der Waals surface area contributed by atoms with Crippen LogP contribution in [0.25, 0.3) is 6.08 Å². The van der Waals surface area contributed by atoms with E-state index in [1.165, 1.54) is 38.3 Å². The van der Waals surface area contributed by atoms with Gasteiger partial charge in [0.15, 0.2) is 17.1 Å². The molecule has 2 aromatic rings. The van der Waals surface area contributed by atoms with Crippen LogP contribution in [0.1, 0.15) is 35.3 Å². The molecular formula is C19H18O6. The number of ketones is 1. The Morgan fingerprint density at radius 3 is 2.56 bits per heavy atom. The average molecular weight is 342 g/mol. The number of Topliss-reactive ketones (excluding diaryl/α,β-unsaturated/α-hetero) is 1. The zero-order valence-corrected chi connectivity index (χ0v) is 14.0. The normalized spacial score (nSPS) is 19.1. The number of ether oxygens (including phenoxy) is 2. The smallest absolute Gasteiger partial charge is 0.204 e. The zero-order chi connectivity index (χ0) is 18.4. The van der Waals surface area contributed by atoms with E-state index in [1.54, 1.807) is 19.1 Å². The number of hydrogen-bond donors (Lipinski definition) is 3. The molecule has 0 aliphatic carbocycles. The lowest BCUT2D eigenvalue weighted by Gasteiger charge is -2.22. The molecule has 130 valence electrons. The molecule has 0 saturated heterocycles. The largest absolute Gasteiger partial charge is 0.507 e. The number of benzene rings is 2. The third-order valence-corrected chi connectivity index (χ3v) is 4.19. The van der Waals surface area contributed by atoms with Gasteiger partial charge in [0.1, 0.15) is 11.5 Å². The van der Waals surface area contributed by atoms with Gasteiger partial charge in [-0.3, -0.25) is 4.79 Å². The molecule has 2 aromatic carbocycles. The summed E-state index contributed by atoms with van der Waals surface area (Å²) in [5.41, 5.74) is -1.16. The standard InChI is InChI=1S/C19H18O6/c1-4-5-10-8-12-15(9-14(10)21)25-16-11(18(22)19(12,2)23)6-7-13(20)17(16)24-3/h4-9,20-21,23H,1-3H3/b5-4+/t19-/m0/s1. The van der Waals surface area contributed by atoms with Gasteiger partial charge in [0.2, 0.25) is 11.5 Å². The quantitative estimate of drug-likeness (QED) is 0.775. The Labute approximate surface area is 144 Å². The van der Waals surface area contributed by atoms with Crippen LogP contribution in [0.4, 0.5) is 0 Å². The molecular weight excluding hydrogens is 324 g/mol. The summed E-state index contributed by atoms with van der Waals surface area (Å²) >= 11 is 0. The molecule has 0 spiro atoms. The topological polar surface area (TPSA) is 96.2 Å². The number of aliphatic hydroxyl groups is 1. The number of hydrogen-bond acceptors (Lipinski definition) is 6. The average Bonchev–Trinajstić information content (AvgIpc) is 2.63. The molecule has 1 heterocycles. The molecule has 0 saturated carbocycles. The van der Waals surface area contributed by atoms with Crippen molar-refractivity contribution < 1.29 is 29.6 Å². The van der Waals surface area contributed by atoms with Gasteiger partial charge in [-0.15, -0.1) is 0 Å². The molecule has 6 heteroatoms. The predicted octanol–water partition coefficient (Wildman–Crippen LogP) is 3.34. The molecule has 6 nitrogen and oxygen atoms in total. The first-order valence-corrected chi connectivity index (χ1v) is 7.66. The van der Waals surface area contributed by atoms with E-state index in [-0.39, 0.29) is 39.9 Å². The molecule has 3 rings (SSSR count). The van der Waals surface area contributed by atoms with Gasteiger partial charge in [0.25, 0.3) is 0 Å². The van der Waals surface area contributed by atoms with Gasteiger partial charge in [-0.1, -0.05) is 12.2 Å². The van der Waals surface area contributed by atoms with E-state index >= 15 is 0 Å². The van der Waals surface area contributed by atoms with Crippen LogP contribution >= 0.6 is 0 Å². The van der Waals surface area contributed by atoms with E-state index in [1.807, 2.05) is 0 Å². The summed E-state index contributed by atoms with van der Waals surface area (Å²) in [6.45, 7) is 3.15. The van der Waals surface area contributed by atoms with Crippen molar-refractivity contribution in [1.82, 2.24) is 0 Å². The maximum atomic E-state index is 12.9. The van der Waals surface area contributed by atoms with Gasteiger partial charge in [0, 0.05) is 17.2 Å². The molecule has 0 fully saturated rings. The highest BCUT2D eigenvalue weighted by Crippen LogP contribution is 2.49. The second-order valence-electron chi connectivity index (χ2n) is 5.91. The van der Waals surface area contributed by atoms with Gasteiger partial charge in [-0.25, -0.2) is 0 Å². The Hall–Kier alpha value is -2.99. The van der Waals surface area contributed by atoms with Crippen molar-refractivity contribution in [3.05, 3.63) is 47.0 Å². The van der Waals surface area contributed by atoms with E-state index in [4.69, 9.17) is 9.47 Å².